The third kappa shape index (κ3) is 10.7. The van der Waals surface area contributed by atoms with E-state index in [-0.39, 0.29) is 6.61 Å². The van der Waals surface area contributed by atoms with Crippen LogP contribution in [0.3, 0.4) is 0 Å². The standard InChI is InChI=1S/C9H16Cl3N3O3/c10-9(11,12)5-18-8(17)15-4-2-1-3-6(13)7(14)16/h6H,1-5,13H2,(H2,14,16)(H,15,17)/t6-/m0/s1. The molecule has 0 radical (unpaired) electrons. The number of alkyl halides is 3. The Kier molecular flexibility index (Phi) is 8.43. The molecule has 0 saturated heterocycles. The lowest BCUT2D eigenvalue weighted by molar-refractivity contribution is -0.119. The fraction of sp³-hybridized carbons (Fsp3) is 0.778. The Bertz CT molecular complexity index is 284. The predicted octanol–water partition coefficient (Wildman–Crippen LogP) is 1.07. The summed E-state index contributed by atoms with van der Waals surface area (Å²) in [6.07, 6.45) is 1.11. The van der Waals surface area contributed by atoms with E-state index in [1.165, 1.54) is 0 Å². The van der Waals surface area contributed by atoms with Crippen molar-refractivity contribution in [3.63, 3.8) is 0 Å². The predicted molar refractivity (Wildman–Crippen MR) is 70.7 cm³/mol. The van der Waals surface area contributed by atoms with Gasteiger partial charge in [-0.1, -0.05) is 34.8 Å². The molecule has 1 atom stereocenters. The van der Waals surface area contributed by atoms with E-state index in [4.69, 9.17) is 46.3 Å². The van der Waals surface area contributed by atoms with Gasteiger partial charge in [-0.2, -0.15) is 0 Å². The van der Waals surface area contributed by atoms with Gasteiger partial charge in [0.2, 0.25) is 9.70 Å². The second-order valence-corrected chi connectivity index (χ2v) is 6.14. The van der Waals surface area contributed by atoms with Crippen molar-refractivity contribution in [2.75, 3.05) is 13.2 Å². The molecule has 2 amide bonds. The number of carbonyl (C=O) groups excluding carboxylic acids is 2. The van der Waals surface area contributed by atoms with Crippen molar-refractivity contribution in [3.8, 4) is 0 Å². The second kappa shape index (κ2) is 8.63. The van der Waals surface area contributed by atoms with E-state index in [0.717, 1.165) is 0 Å². The number of carbonyl (C=O) groups is 2. The first kappa shape index (κ1) is 17.6. The van der Waals surface area contributed by atoms with Gasteiger partial charge in [0.25, 0.3) is 0 Å². The molecule has 0 heterocycles. The molecule has 18 heavy (non-hydrogen) atoms. The van der Waals surface area contributed by atoms with Crippen molar-refractivity contribution in [1.82, 2.24) is 5.32 Å². The van der Waals surface area contributed by atoms with Gasteiger partial charge in [0.1, 0.15) is 6.61 Å². The summed E-state index contributed by atoms with van der Waals surface area (Å²) in [5.41, 5.74) is 10.4. The maximum atomic E-state index is 11.1. The molecule has 0 aliphatic carbocycles. The van der Waals surface area contributed by atoms with Crippen LogP contribution in [-0.4, -0.2) is 35.0 Å². The summed E-state index contributed by atoms with van der Waals surface area (Å²) in [6, 6.07) is -0.652. The summed E-state index contributed by atoms with van der Waals surface area (Å²) >= 11 is 16.2. The molecule has 0 aromatic heterocycles. The first-order chi connectivity index (χ1) is 8.22. The number of hydrogen-bond acceptors (Lipinski definition) is 4. The fourth-order valence-corrected chi connectivity index (χ4v) is 1.18. The van der Waals surface area contributed by atoms with Gasteiger partial charge in [-0.15, -0.1) is 0 Å². The zero-order valence-corrected chi connectivity index (χ0v) is 11.9. The van der Waals surface area contributed by atoms with E-state index in [1.807, 2.05) is 0 Å². The third-order valence-corrected chi connectivity index (χ3v) is 2.27. The Balaban J connectivity index is 3.49. The molecular weight excluding hydrogens is 304 g/mol. The van der Waals surface area contributed by atoms with E-state index < -0.39 is 21.8 Å². The Hall–Kier alpha value is -0.430. The molecule has 0 aromatic rings. The van der Waals surface area contributed by atoms with Crippen LogP contribution in [0.15, 0.2) is 0 Å². The Morgan fingerprint density at radius 3 is 2.39 bits per heavy atom. The number of unbranched alkanes of at least 4 members (excludes halogenated alkanes) is 1. The highest BCUT2D eigenvalue weighted by Crippen LogP contribution is 2.25. The minimum Gasteiger partial charge on any atom is -0.445 e. The highest BCUT2D eigenvalue weighted by molar-refractivity contribution is 6.67. The quantitative estimate of drug-likeness (QED) is 0.481. The molecular formula is C9H16Cl3N3O3. The lowest BCUT2D eigenvalue weighted by Crippen LogP contribution is -2.36. The van der Waals surface area contributed by atoms with Gasteiger partial charge >= 0.3 is 6.09 Å². The largest absolute Gasteiger partial charge is 0.445 e. The van der Waals surface area contributed by atoms with Crippen LogP contribution < -0.4 is 16.8 Å². The molecule has 0 unspecified atom stereocenters. The van der Waals surface area contributed by atoms with Crippen LogP contribution in [0.1, 0.15) is 19.3 Å². The monoisotopic (exact) mass is 319 g/mol. The summed E-state index contributed by atoms with van der Waals surface area (Å²) in [5.74, 6) is -0.537. The number of amides is 2. The van der Waals surface area contributed by atoms with Gasteiger partial charge in [-0.3, -0.25) is 4.79 Å². The first-order valence-electron chi connectivity index (χ1n) is 5.24. The van der Waals surface area contributed by atoms with Crippen molar-refractivity contribution in [3.05, 3.63) is 0 Å². The molecule has 0 saturated carbocycles. The van der Waals surface area contributed by atoms with Gasteiger partial charge in [0.15, 0.2) is 0 Å². The van der Waals surface area contributed by atoms with Gasteiger partial charge in [-0.25, -0.2) is 4.79 Å². The SMILES string of the molecule is NC(=O)[C@@H](N)CCCCNC(=O)OCC(Cl)(Cl)Cl. The van der Waals surface area contributed by atoms with E-state index in [1.54, 1.807) is 0 Å². The molecule has 0 fully saturated rings. The van der Waals surface area contributed by atoms with Gasteiger partial charge in [-0.05, 0) is 19.3 Å². The zero-order valence-electron chi connectivity index (χ0n) is 9.63. The van der Waals surface area contributed by atoms with Crippen LogP contribution >= 0.6 is 34.8 Å². The number of hydrogen-bond donors (Lipinski definition) is 3. The summed E-state index contributed by atoms with van der Waals surface area (Å²) in [5, 5.41) is 2.46. The van der Waals surface area contributed by atoms with Crippen LogP contribution in [0.5, 0.6) is 0 Å². The lowest BCUT2D eigenvalue weighted by Gasteiger charge is -2.12. The molecule has 106 valence electrons. The molecule has 0 spiro atoms. The molecule has 0 rings (SSSR count). The van der Waals surface area contributed by atoms with Crippen LogP contribution in [0.25, 0.3) is 0 Å². The zero-order chi connectivity index (χ0) is 14.2. The van der Waals surface area contributed by atoms with Crippen LogP contribution in [0.4, 0.5) is 4.79 Å². The Morgan fingerprint density at radius 1 is 1.28 bits per heavy atom. The summed E-state index contributed by atoms with van der Waals surface area (Å²) in [7, 11) is 0. The number of nitrogens with one attached hydrogen (secondary N) is 1. The van der Waals surface area contributed by atoms with E-state index in [2.05, 4.69) is 10.1 Å². The van der Waals surface area contributed by atoms with Gasteiger partial charge in [0.05, 0.1) is 6.04 Å². The van der Waals surface area contributed by atoms with Crippen LogP contribution in [0.2, 0.25) is 0 Å². The van der Waals surface area contributed by atoms with Crippen molar-refractivity contribution < 1.29 is 14.3 Å². The number of nitrogens with two attached hydrogens (primary N) is 2. The molecule has 0 aliphatic rings. The van der Waals surface area contributed by atoms with E-state index >= 15 is 0 Å². The summed E-state index contributed by atoms with van der Waals surface area (Å²) in [4.78, 5) is 21.7. The van der Waals surface area contributed by atoms with E-state index in [0.29, 0.717) is 25.8 Å². The smallest absolute Gasteiger partial charge is 0.407 e. The highest BCUT2D eigenvalue weighted by atomic mass is 35.6. The maximum Gasteiger partial charge on any atom is 0.407 e. The second-order valence-electron chi connectivity index (χ2n) is 3.62. The average Bonchev–Trinajstić information content (AvgIpc) is 2.24. The molecule has 9 heteroatoms. The molecule has 5 N–H and O–H groups in total. The summed E-state index contributed by atoms with van der Waals surface area (Å²) in [6.45, 7) is 0.0558. The minimum atomic E-state index is -1.62. The molecule has 0 aromatic carbocycles. The minimum absolute atomic E-state index is 0.323. The van der Waals surface area contributed by atoms with Crippen molar-refractivity contribution >= 4 is 46.8 Å². The molecule has 0 aliphatic heterocycles. The third-order valence-electron chi connectivity index (χ3n) is 1.94. The van der Waals surface area contributed by atoms with Gasteiger partial charge in [0, 0.05) is 6.54 Å². The Morgan fingerprint density at radius 2 is 1.89 bits per heavy atom. The number of primary amides is 1. The fourth-order valence-electron chi connectivity index (χ4n) is 1.02. The van der Waals surface area contributed by atoms with Gasteiger partial charge < -0.3 is 21.5 Å². The average molecular weight is 321 g/mol. The highest BCUT2D eigenvalue weighted by Gasteiger charge is 2.21. The van der Waals surface area contributed by atoms with Crippen molar-refractivity contribution in [1.29, 1.82) is 0 Å². The number of ether oxygens (including phenoxy) is 1. The number of halogens is 3. The van der Waals surface area contributed by atoms with Crippen molar-refractivity contribution in [2.45, 2.75) is 29.1 Å². The summed E-state index contributed by atoms with van der Waals surface area (Å²) < 4.78 is 3.01. The maximum absolute atomic E-state index is 11.1. The molecule has 6 nitrogen and oxygen atoms in total. The number of alkyl carbamates (subject to hydrolysis) is 1. The molecule has 0 bridgehead atoms. The first-order valence-corrected chi connectivity index (χ1v) is 6.38. The Labute approximate surface area is 120 Å². The normalized spacial score (nSPS) is 12.9. The van der Waals surface area contributed by atoms with E-state index in [9.17, 15) is 9.59 Å². The van der Waals surface area contributed by atoms with Crippen LogP contribution in [-0.2, 0) is 9.53 Å². The van der Waals surface area contributed by atoms with Crippen molar-refractivity contribution in [2.24, 2.45) is 11.5 Å². The topological polar surface area (TPSA) is 107 Å². The number of rotatable bonds is 7. The lowest BCUT2D eigenvalue weighted by atomic mass is 10.1. The van der Waals surface area contributed by atoms with Crippen LogP contribution in [0, 0.1) is 0 Å².